The predicted octanol–water partition coefficient (Wildman–Crippen LogP) is -0.0934. The Kier molecular flexibility index (Phi) is 2.69. The van der Waals surface area contributed by atoms with Crippen molar-refractivity contribution in [1.82, 2.24) is 0 Å². The second-order valence-electron chi connectivity index (χ2n) is 2.05. The highest BCUT2D eigenvalue weighted by atomic mass is 16.6. The van der Waals surface area contributed by atoms with Gasteiger partial charge in [0.25, 0.3) is 0 Å². The molecule has 1 aromatic carbocycles. The van der Waals surface area contributed by atoms with Gasteiger partial charge in [-0.05, 0) is 12.1 Å². The molecule has 0 aliphatic rings. The molecule has 1 rings (SSSR count). The van der Waals surface area contributed by atoms with E-state index in [9.17, 15) is 0 Å². The van der Waals surface area contributed by atoms with Crippen molar-refractivity contribution in [2.24, 2.45) is 0 Å². The second-order valence-corrected chi connectivity index (χ2v) is 2.05. The Morgan fingerprint density at radius 3 is 2.58 bits per heavy atom. The molecule has 0 fully saturated rings. The van der Waals surface area contributed by atoms with Crippen molar-refractivity contribution in [3.05, 3.63) is 29.8 Å². The van der Waals surface area contributed by atoms with Gasteiger partial charge in [-0.3, -0.25) is 0 Å². The van der Waals surface area contributed by atoms with E-state index >= 15 is 0 Å². The van der Waals surface area contributed by atoms with Crippen molar-refractivity contribution >= 4 is 7.32 Å². The predicted molar refractivity (Wildman–Crippen MR) is 42.0 cm³/mol. The normalized spacial score (nSPS) is 8.75. The van der Waals surface area contributed by atoms with E-state index in [0.29, 0.717) is 0 Å². The van der Waals surface area contributed by atoms with Crippen LogP contribution in [0.4, 0.5) is 0 Å². The van der Waals surface area contributed by atoms with Gasteiger partial charge in [0, 0.05) is 0 Å². The van der Waals surface area contributed by atoms with Gasteiger partial charge in [0.15, 0.2) is 0 Å². The van der Waals surface area contributed by atoms with E-state index in [4.69, 9.17) is 15.3 Å². The van der Waals surface area contributed by atoms with Gasteiger partial charge in [0.05, 0.1) is 5.56 Å². The lowest BCUT2D eigenvalue weighted by molar-refractivity contribution is 0.288. The molecule has 0 heterocycles. The molecule has 0 saturated heterocycles. The topological polar surface area (TPSA) is 73.5 Å². The molecule has 0 amide bonds. The maximum atomic E-state index is 8.54. The summed E-state index contributed by atoms with van der Waals surface area (Å²) in [4.78, 5) is 0. The molecule has 5 heteroatoms. The minimum Gasteiger partial charge on any atom is -0.511 e. The van der Waals surface area contributed by atoms with Gasteiger partial charge in [0.2, 0.25) is 0 Å². The Morgan fingerprint density at radius 2 is 2.00 bits per heavy atom. The lowest BCUT2D eigenvalue weighted by Gasteiger charge is -2.04. The highest BCUT2D eigenvalue weighted by molar-refractivity contribution is 6.33. The second kappa shape index (κ2) is 3.76. The molecule has 0 aliphatic heterocycles. The van der Waals surface area contributed by atoms with Crippen LogP contribution in [0.15, 0.2) is 24.3 Å². The smallest absolute Gasteiger partial charge is 0.511 e. The van der Waals surface area contributed by atoms with Gasteiger partial charge in [-0.2, -0.15) is 5.26 Å². The van der Waals surface area contributed by atoms with Crippen LogP contribution in [0.1, 0.15) is 5.56 Å². The first-order chi connectivity index (χ1) is 5.74. The highest BCUT2D eigenvalue weighted by Crippen LogP contribution is 2.16. The summed E-state index contributed by atoms with van der Waals surface area (Å²) in [5, 5.41) is 25.4. The molecule has 0 aromatic heterocycles. The van der Waals surface area contributed by atoms with Crippen molar-refractivity contribution in [2.75, 3.05) is 0 Å². The highest BCUT2D eigenvalue weighted by Gasteiger charge is 2.13. The fourth-order valence-electron chi connectivity index (χ4n) is 0.775. The quantitative estimate of drug-likeness (QED) is 0.597. The fraction of sp³-hybridized carbons (Fsp3) is 0. The van der Waals surface area contributed by atoms with Crippen LogP contribution < -0.4 is 4.65 Å². The summed E-state index contributed by atoms with van der Waals surface area (Å²) in [5.41, 5.74) is 0.269. The van der Waals surface area contributed by atoms with E-state index in [1.54, 1.807) is 12.1 Å². The molecule has 60 valence electrons. The number of para-hydroxylation sites is 1. The van der Waals surface area contributed by atoms with Crippen molar-refractivity contribution in [1.29, 1.82) is 5.26 Å². The van der Waals surface area contributed by atoms with Gasteiger partial charge in [-0.15, -0.1) is 0 Å². The molecule has 1 aromatic rings. The Balaban J connectivity index is 2.91. The number of hydrogen-bond donors (Lipinski definition) is 2. The van der Waals surface area contributed by atoms with E-state index in [2.05, 4.69) is 4.65 Å². The zero-order valence-electron chi connectivity index (χ0n) is 6.14. The molecule has 0 bridgehead atoms. The van der Waals surface area contributed by atoms with E-state index in [1.165, 1.54) is 12.1 Å². The zero-order valence-corrected chi connectivity index (χ0v) is 6.14. The van der Waals surface area contributed by atoms with Crippen molar-refractivity contribution in [3.63, 3.8) is 0 Å². The van der Waals surface area contributed by atoms with Crippen LogP contribution in [-0.2, 0) is 0 Å². The van der Waals surface area contributed by atoms with Crippen LogP contribution >= 0.6 is 0 Å². The van der Waals surface area contributed by atoms with Gasteiger partial charge in [0.1, 0.15) is 11.8 Å². The van der Waals surface area contributed by atoms with Crippen LogP contribution in [0, 0.1) is 11.3 Å². The van der Waals surface area contributed by atoms with E-state index in [1.807, 2.05) is 6.07 Å². The number of nitrogens with zero attached hydrogens (tertiary/aromatic N) is 1. The fourth-order valence-corrected chi connectivity index (χ4v) is 0.775. The van der Waals surface area contributed by atoms with Gasteiger partial charge < -0.3 is 14.7 Å². The van der Waals surface area contributed by atoms with Crippen LogP contribution in [-0.4, -0.2) is 17.4 Å². The first-order valence-electron chi connectivity index (χ1n) is 3.26. The summed E-state index contributed by atoms with van der Waals surface area (Å²) in [6, 6.07) is 8.16. The summed E-state index contributed by atoms with van der Waals surface area (Å²) in [5.74, 6) is 0.162. The third-order valence-electron chi connectivity index (χ3n) is 1.24. The van der Waals surface area contributed by atoms with E-state index in [0.717, 1.165) is 0 Å². The van der Waals surface area contributed by atoms with Crippen LogP contribution in [0.25, 0.3) is 0 Å². The van der Waals surface area contributed by atoms with Crippen LogP contribution in [0.5, 0.6) is 5.75 Å². The minimum atomic E-state index is -1.89. The first kappa shape index (κ1) is 8.59. The average molecular weight is 163 g/mol. The molecule has 0 radical (unpaired) electrons. The Hall–Kier alpha value is -1.51. The molecule has 12 heavy (non-hydrogen) atoms. The number of rotatable bonds is 2. The maximum Gasteiger partial charge on any atom is 0.707 e. The molecular formula is C7H6BNO3. The van der Waals surface area contributed by atoms with E-state index in [-0.39, 0.29) is 11.3 Å². The zero-order chi connectivity index (χ0) is 8.97. The molecule has 2 N–H and O–H groups in total. The minimum absolute atomic E-state index is 0.162. The van der Waals surface area contributed by atoms with Gasteiger partial charge in [-0.1, -0.05) is 12.1 Å². The molecule has 4 nitrogen and oxygen atoms in total. The van der Waals surface area contributed by atoms with Crippen molar-refractivity contribution in [3.8, 4) is 11.8 Å². The van der Waals surface area contributed by atoms with Gasteiger partial charge in [-0.25, -0.2) is 0 Å². The molecule has 0 spiro atoms. The summed E-state index contributed by atoms with van der Waals surface area (Å²) >= 11 is 0. The Labute approximate surface area is 69.8 Å². The molecule has 0 saturated carbocycles. The lowest BCUT2D eigenvalue weighted by atomic mass is 10.2. The molecule has 0 unspecified atom stereocenters. The Bertz CT molecular complexity index is 308. The SMILES string of the molecule is N#Cc1ccccc1OB(O)O. The third-order valence-corrected chi connectivity index (χ3v) is 1.24. The average Bonchev–Trinajstić information content (AvgIpc) is 2.04. The van der Waals surface area contributed by atoms with E-state index < -0.39 is 7.32 Å². The largest absolute Gasteiger partial charge is 0.707 e. The maximum absolute atomic E-state index is 8.54. The number of benzene rings is 1. The monoisotopic (exact) mass is 163 g/mol. The summed E-state index contributed by atoms with van der Waals surface area (Å²) in [6.07, 6.45) is 0. The molecule has 0 aliphatic carbocycles. The Morgan fingerprint density at radius 1 is 1.33 bits per heavy atom. The molecular weight excluding hydrogens is 157 g/mol. The third kappa shape index (κ3) is 1.99. The summed E-state index contributed by atoms with van der Waals surface area (Å²) in [7, 11) is -1.89. The number of hydrogen-bond acceptors (Lipinski definition) is 4. The summed E-state index contributed by atoms with van der Waals surface area (Å²) < 4.78 is 4.52. The number of nitriles is 1. The van der Waals surface area contributed by atoms with Crippen molar-refractivity contribution < 1.29 is 14.7 Å². The first-order valence-corrected chi connectivity index (χ1v) is 3.26. The van der Waals surface area contributed by atoms with Crippen LogP contribution in [0.3, 0.4) is 0 Å². The summed E-state index contributed by atoms with van der Waals surface area (Å²) in [6.45, 7) is 0. The lowest BCUT2D eigenvalue weighted by Crippen LogP contribution is -2.21. The molecule has 0 atom stereocenters. The standard InChI is InChI=1S/C7H6BNO3/c9-5-6-3-1-2-4-7(6)12-8(10)11/h1-4,10-11H. The van der Waals surface area contributed by atoms with Crippen LogP contribution in [0.2, 0.25) is 0 Å². The van der Waals surface area contributed by atoms with Gasteiger partial charge >= 0.3 is 7.32 Å². The van der Waals surface area contributed by atoms with Crippen molar-refractivity contribution in [2.45, 2.75) is 0 Å².